The lowest BCUT2D eigenvalue weighted by molar-refractivity contribution is -0.132. The van der Waals surface area contributed by atoms with Gasteiger partial charge in [-0.05, 0) is 54.4 Å². The van der Waals surface area contributed by atoms with Crippen molar-refractivity contribution < 1.29 is 24.2 Å². The Labute approximate surface area is 206 Å². The first-order chi connectivity index (χ1) is 16.3. The number of methoxy groups -OCH3 is 2. The Morgan fingerprint density at radius 3 is 2.15 bits per heavy atom. The lowest BCUT2D eigenvalue weighted by atomic mass is 9.95. The van der Waals surface area contributed by atoms with Crippen molar-refractivity contribution in [2.75, 3.05) is 19.1 Å². The molecule has 6 nitrogen and oxygen atoms in total. The summed E-state index contributed by atoms with van der Waals surface area (Å²) < 4.78 is 10.4. The van der Waals surface area contributed by atoms with Gasteiger partial charge in [0.2, 0.25) is 0 Å². The predicted octanol–water partition coefficient (Wildman–Crippen LogP) is 5.95. The van der Waals surface area contributed by atoms with Gasteiger partial charge in [0.05, 0.1) is 35.9 Å². The number of nitrogens with zero attached hydrogens (tertiary/aromatic N) is 1. The third kappa shape index (κ3) is 4.11. The number of anilines is 1. The Bertz CT molecular complexity index is 1290. The number of hydrogen-bond donors (Lipinski definition) is 1. The molecule has 0 spiro atoms. The number of carbonyl (C=O) groups excluding carboxylic acids is 2. The Kier molecular flexibility index (Phi) is 6.55. The molecule has 1 atom stereocenters. The van der Waals surface area contributed by atoms with Gasteiger partial charge in [-0.3, -0.25) is 14.5 Å². The molecule has 0 saturated carbocycles. The topological polar surface area (TPSA) is 76.1 Å². The van der Waals surface area contributed by atoms with E-state index in [9.17, 15) is 14.7 Å². The van der Waals surface area contributed by atoms with E-state index in [2.05, 4.69) is 0 Å². The highest BCUT2D eigenvalue weighted by Gasteiger charge is 2.47. The second kappa shape index (κ2) is 9.41. The fraction of sp³-hybridized carbons (Fsp3) is 0.154. The molecule has 3 aromatic carbocycles. The zero-order chi connectivity index (χ0) is 24.6. The van der Waals surface area contributed by atoms with Gasteiger partial charge in [-0.1, -0.05) is 47.5 Å². The molecule has 1 fully saturated rings. The van der Waals surface area contributed by atoms with E-state index < -0.39 is 17.7 Å². The Morgan fingerprint density at radius 1 is 0.941 bits per heavy atom. The number of Topliss-reactive ketones (excluding diaryl/α,β-unsaturated/α-hetero) is 1. The molecule has 1 aliphatic rings. The Balaban J connectivity index is 1.95. The minimum absolute atomic E-state index is 0.0750. The summed E-state index contributed by atoms with van der Waals surface area (Å²) in [6.45, 7) is 1.89. The molecule has 1 amide bonds. The maximum Gasteiger partial charge on any atom is 0.300 e. The molecule has 1 aliphatic heterocycles. The van der Waals surface area contributed by atoms with Crippen LogP contribution in [0.2, 0.25) is 10.0 Å². The number of rotatable bonds is 5. The number of carbonyl (C=O) groups is 2. The van der Waals surface area contributed by atoms with Crippen LogP contribution in [-0.4, -0.2) is 31.0 Å². The highest BCUT2D eigenvalue weighted by Crippen LogP contribution is 2.44. The van der Waals surface area contributed by atoms with Gasteiger partial charge in [0.1, 0.15) is 11.5 Å². The lowest BCUT2D eigenvalue weighted by Crippen LogP contribution is -2.29. The molecule has 0 radical (unpaired) electrons. The van der Waals surface area contributed by atoms with Gasteiger partial charge < -0.3 is 14.6 Å². The van der Waals surface area contributed by atoms with Crippen molar-refractivity contribution in [3.8, 4) is 11.5 Å². The molecule has 34 heavy (non-hydrogen) atoms. The smallest absolute Gasteiger partial charge is 0.300 e. The normalized spacial score (nSPS) is 17.2. The van der Waals surface area contributed by atoms with Crippen LogP contribution in [0.15, 0.2) is 66.2 Å². The van der Waals surface area contributed by atoms with Gasteiger partial charge in [-0.2, -0.15) is 0 Å². The fourth-order valence-corrected chi connectivity index (χ4v) is 4.67. The predicted molar refractivity (Wildman–Crippen MR) is 132 cm³/mol. The summed E-state index contributed by atoms with van der Waals surface area (Å²) in [5, 5.41) is 11.6. The van der Waals surface area contributed by atoms with E-state index in [0.717, 1.165) is 5.56 Å². The van der Waals surface area contributed by atoms with Gasteiger partial charge in [-0.15, -0.1) is 0 Å². The minimum Gasteiger partial charge on any atom is -0.507 e. The molecule has 1 saturated heterocycles. The number of amides is 1. The van der Waals surface area contributed by atoms with Crippen molar-refractivity contribution in [2.45, 2.75) is 13.0 Å². The van der Waals surface area contributed by atoms with Crippen LogP contribution in [-0.2, 0) is 9.59 Å². The van der Waals surface area contributed by atoms with Crippen LogP contribution < -0.4 is 14.4 Å². The summed E-state index contributed by atoms with van der Waals surface area (Å²) in [6.07, 6.45) is 0. The van der Waals surface area contributed by atoms with Gasteiger partial charge in [0.25, 0.3) is 11.7 Å². The third-order valence-corrected chi connectivity index (χ3v) is 6.19. The first kappa shape index (κ1) is 23.7. The molecule has 0 bridgehead atoms. The van der Waals surface area contributed by atoms with E-state index in [1.54, 1.807) is 43.5 Å². The summed E-state index contributed by atoms with van der Waals surface area (Å²) in [4.78, 5) is 27.9. The fourth-order valence-electron chi connectivity index (χ4n) is 4.03. The zero-order valence-corrected chi connectivity index (χ0v) is 20.1. The number of aliphatic hydroxyl groups excluding tert-OH is 1. The Morgan fingerprint density at radius 2 is 1.59 bits per heavy atom. The van der Waals surface area contributed by atoms with Crippen LogP contribution in [0.4, 0.5) is 5.69 Å². The second-order valence-corrected chi connectivity index (χ2v) is 8.57. The molecule has 174 valence electrons. The SMILES string of the molecule is COc1ccc(C2/C(=C(\O)c3cc(Cl)c(OC)c(Cl)c3)C(=O)C(=O)N2c2cccc(C)c2)cc1. The number of hydrogen-bond acceptors (Lipinski definition) is 5. The molecule has 0 aromatic heterocycles. The second-order valence-electron chi connectivity index (χ2n) is 7.75. The van der Waals surface area contributed by atoms with Crippen molar-refractivity contribution >= 4 is 46.3 Å². The number of ketones is 1. The number of aliphatic hydroxyl groups is 1. The first-order valence-corrected chi connectivity index (χ1v) is 11.1. The van der Waals surface area contributed by atoms with Gasteiger partial charge in [0.15, 0.2) is 5.75 Å². The molecule has 0 aliphatic carbocycles. The quantitative estimate of drug-likeness (QED) is 0.268. The molecule has 1 N–H and O–H groups in total. The van der Waals surface area contributed by atoms with Gasteiger partial charge in [0, 0.05) is 11.3 Å². The van der Waals surface area contributed by atoms with Crippen LogP contribution >= 0.6 is 23.2 Å². The van der Waals surface area contributed by atoms with Crippen molar-refractivity contribution in [3.05, 3.63) is 93.0 Å². The zero-order valence-electron chi connectivity index (χ0n) is 18.6. The summed E-state index contributed by atoms with van der Waals surface area (Å²) in [5.74, 6) is -1.10. The van der Waals surface area contributed by atoms with E-state index in [-0.39, 0.29) is 32.7 Å². The number of benzene rings is 3. The average Bonchev–Trinajstić information content (AvgIpc) is 3.09. The van der Waals surface area contributed by atoms with Crippen molar-refractivity contribution in [1.29, 1.82) is 0 Å². The molecule has 1 unspecified atom stereocenters. The largest absolute Gasteiger partial charge is 0.507 e. The van der Waals surface area contributed by atoms with Crippen molar-refractivity contribution in [3.63, 3.8) is 0 Å². The van der Waals surface area contributed by atoms with E-state index in [4.69, 9.17) is 32.7 Å². The third-order valence-electron chi connectivity index (χ3n) is 5.63. The van der Waals surface area contributed by atoms with Crippen LogP contribution in [0, 0.1) is 6.92 Å². The monoisotopic (exact) mass is 497 g/mol. The molecule has 4 rings (SSSR count). The van der Waals surface area contributed by atoms with Gasteiger partial charge >= 0.3 is 0 Å². The van der Waals surface area contributed by atoms with E-state index in [1.165, 1.54) is 24.1 Å². The summed E-state index contributed by atoms with van der Waals surface area (Å²) in [7, 11) is 2.97. The van der Waals surface area contributed by atoms with Crippen LogP contribution in [0.3, 0.4) is 0 Å². The van der Waals surface area contributed by atoms with Crippen molar-refractivity contribution in [2.24, 2.45) is 0 Å². The summed E-state index contributed by atoms with van der Waals surface area (Å²) >= 11 is 12.5. The molecule has 8 heteroatoms. The number of aryl methyl sites for hydroxylation is 1. The van der Waals surface area contributed by atoms with Crippen LogP contribution in [0.1, 0.15) is 22.7 Å². The average molecular weight is 498 g/mol. The highest BCUT2D eigenvalue weighted by atomic mass is 35.5. The highest BCUT2D eigenvalue weighted by molar-refractivity contribution is 6.51. The molecular weight excluding hydrogens is 477 g/mol. The first-order valence-electron chi connectivity index (χ1n) is 10.3. The van der Waals surface area contributed by atoms with E-state index >= 15 is 0 Å². The van der Waals surface area contributed by atoms with E-state index in [1.807, 2.05) is 19.1 Å². The summed E-state index contributed by atoms with van der Waals surface area (Å²) in [6, 6.07) is 16.2. The molecule has 3 aromatic rings. The number of ether oxygens (including phenoxy) is 2. The Hall–Kier alpha value is -3.48. The van der Waals surface area contributed by atoms with Gasteiger partial charge in [-0.25, -0.2) is 0 Å². The minimum atomic E-state index is -0.882. The van der Waals surface area contributed by atoms with Crippen molar-refractivity contribution in [1.82, 2.24) is 0 Å². The molecular formula is C26H21Cl2NO5. The lowest BCUT2D eigenvalue weighted by Gasteiger charge is -2.26. The van der Waals surface area contributed by atoms with Crippen LogP contribution in [0.5, 0.6) is 11.5 Å². The number of halogens is 2. The van der Waals surface area contributed by atoms with Crippen LogP contribution in [0.25, 0.3) is 5.76 Å². The molecule has 1 heterocycles. The standard InChI is InChI=1S/C26H21Cl2NO5/c1-14-5-4-6-17(11-14)29-22(15-7-9-18(33-2)10-8-15)21(24(31)26(29)32)23(30)16-12-19(27)25(34-3)20(28)13-16/h4-13,22,30H,1-3H3/b23-21+. The maximum atomic E-state index is 13.3. The van der Waals surface area contributed by atoms with E-state index in [0.29, 0.717) is 17.0 Å². The maximum absolute atomic E-state index is 13.3. The summed E-state index contributed by atoms with van der Waals surface area (Å²) in [5.41, 5.74) is 2.19.